The monoisotopic (exact) mass is 256 g/mol. The van der Waals surface area contributed by atoms with Crippen LogP contribution in [0.15, 0.2) is 36.4 Å². The molecule has 0 spiro atoms. The van der Waals surface area contributed by atoms with Crippen molar-refractivity contribution in [1.29, 1.82) is 0 Å². The van der Waals surface area contributed by atoms with Crippen LogP contribution >= 0.6 is 0 Å². The predicted molar refractivity (Wildman–Crippen MR) is 75.7 cm³/mol. The van der Waals surface area contributed by atoms with Crippen molar-refractivity contribution in [3.63, 3.8) is 0 Å². The lowest BCUT2D eigenvalue weighted by Crippen LogP contribution is -2.12. The summed E-state index contributed by atoms with van der Waals surface area (Å²) in [5, 5.41) is 3.16. The van der Waals surface area contributed by atoms with E-state index in [1.807, 2.05) is 25.1 Å². The minimum Gasteiger partial charge on any atom is -0.397 e. The van der Waals surface area contributed by atoms with Gasteiger partial charge in [-0.2, -0.15) is 0 Å². The van der Waals surface area contributed by atoms with Crippen molar-refractivity contribution in [2.24, 2.45) is 5.73 Å². The molecule has 0 saturated heterocycles. The highest BCUT2D eigenvalue weighted by Gasteiger charge is 2.05. The summed E-state index contributed by atoms with van der Waals surface area (Å²) < 4.78 is 0. The van der Waals surface area contributed by atoms with Gasteiger partial charge in [0.25, 0.3) is 0 Å². The Morgan fingerprint density at radius 2 is 2.11 bits per heavy atom. The molecule has 2 rings (SSSR count). The number of benzene rings is 1. The van der Waals surface area contributed by atoms with E-state index in [1.165, 1.54) is 0 Å². The topological polar surface area (TPSA) is 94.0 Å². The van der Waals surface area contributed by atoms with Gasteiger partial charge in [0.2, 0.25) is 5.91 Å². The van der Waals surface area contributed by atoms with Crippen molar-refractivity contribution in [2.75, 3.05) is 11.1 Å². The number of hydrogen-bond donors (Lipinski definition) is 3. The molecule has 0 aliphatic carbocycles. The Bertz CT molecular complexity index is 610. The van der Waals surface area contributed by atoms with E-state index in [-0.39, 0.29) is 0 Å². The van der Waals surface area contributed by atoms with E-state index in [4.69, 9.17) is 11.5 Å². The molecule has 98 valence electrons. The lowest BCUT2D eigenvalue weighted by atomic mass is 10.1. The van der Waals surface area contributed by atoms with Gasteiger partial charge in [0.05, 0.1) is 23.6 Å². The molecule has 0 radical (unpaired) electrons. The number of anilines is 2. The molecule has 0 atom stereocenters. The van der Waals surface area contributed by atoms with Gasteiger partial charge in [-0.1, -0.05) is 6.07 Å². The first-order valence-electron chi connectivity index (χ1n) is 5.92. The maximum atomic E-state index is 11.1. The Morgan fingerprint density at radius 1 is 1.32 bits per heavy atom. The Morgan fingerprint density at radius 3 is 2.79 bits per heavy atom. The first kappa shape index (κ1) is 12.9. The molecular formula is C14H16N4O. The molecule has 1 aromatic heterocycles. The zero-order chi connectivity index (χ0) is 13.8. The molecule has 1 aromatic carbocycles. The number of nitrogens with zero attached hydrogens (tertiary/aromatic N) is 1. The van der Waals surface area contributed by atoms with Gasteiger partial charge in [-0.3, -0.25) is 9.78 Å². The highest BCUT2D eigenvalue weighted by Crippen LogP contribution is 2.20. The molecule has 1 amide bonds. The first-order chi connectivity index (χ1) is 9.06. The second-order valence-electron chi connectivity index (χ2n) is 4.29. The number of nitrogens with two attached hydrogens (primary N) is 2. The molecule has 0 bridgehead atoms. The lowest BCUT2D eigenvalue weighted by Gasteiger charge is -2.10. The Labute approximate surface area is 111 Å². The maximum absolute atomic E-state index is 11.1. The summed E-state index contributed by atoms with van der Waals surface area (Å²) in [6, 6.07) is 10.7. The third kappa shape index (κ3) is 3.22. The van der Waals surface area contributed by atoms with E-state index in [9.17, 15) is 4.79 Å². The van der Waals surface area contributed by atoms with E-state index in [1.54, 1.807) is 18.2 Å². The van der Waals surface area contributed by atoms with Crippen molar-refractivity contribution in [1.82, 2.24) is 4.98 Å². The number of hydrogen-bond acceptors (Lipinski definition) is 4. The van der Waals surface area contributed by atoms with Gasteiger partial charge in [0.15, 0.2) is 0 Å². The second kappa shape index (κ2) is 5.39. The Kier molecular flexibility index (Phi) is 3.66. The normalized spacial score (nSPS) is 10.2. The summed E-state index contributed by atoms with van der Waals surface area (Å²) in [5.74, 6) is -0.475. The highest BCUT2D eigenvalue weighted by atomic mass is 16.1. The smallest absolute Gasteiger partial charge is 0.248 e. The number of carbonyl (C=O) groups excluding carboxylic acids is 1. The van der Waals surface area contributed by atoms with Gasteiger partial charge in [-0.25, -0.2) is 0 Å². The van der Waals surface area contributed by atoms with Crippen molar-refractivity contribution >= 4 is 17.3 Å². The average molecular weight is 256 g/mol. The number of rotatable bonds is 4. The van der Waals surface area contributed by atoms with E-state index in [0.29, 0.717) is 23.5 Å². The van der Waals surface area contributed by atoms with Gasteiger partial charge in [-0.05, 0) is 37.3 Å². The van der Waals surface area contributed by atoms with Crippen LogP contribution in [0.4, 0.5) is 11.4 Å². The van der Waals surface area contributed by atoms with Gasteiger partial charge >= 0.3 is 0 Å². The fourth-order valence-electron chi connectivity index (χ4n) is 1.75. The molecule has 5 heteroatoms. The number of aromatic nitrogens is 1. The standard InChI is InChI=1S/C14H16N4O/c1-9-3-2-4-11(18-9)8-17-13-7-10(14(16)19)5-6-12(13)15/h2-7,17H,8,15H2,1H3,(H2,16,19). The van der Waals surface area contributed by atoms with E-state index < -0.39 is 5.91 Å². The summed E-state index contributed by atoms with van der Waals surface area (Å²) in [5.41, 5.74) is 14.6. The van der Waals surface area contributed by atoms with Gasteiger partial charge in [0, 0.05) is 11.3 Å². The van der Waals surface area contributed by atoms with Crippen LogP contribution in [0.1, 0.15) is 21.7 Å². The number of carbonyl (C=O) groups is 1. The molecule has 0 aliphatic rings. The molecule has 5 nitrogen and oxygen atoms in total. The molecule has 0 aliphatic heterocycles. The summed E-state index contributed by atoms with van der Waals surface area (Å²) in [7, 11) is 0. The van der Waals surface area contributed by atoms with E-state index in [0.717, 1.165) is 11.4 Å². The quantitative estimate of drug-likeness (QED) is 0.725. The highest BCUT2D eigenvalue weighted by molar-refractivity contribution is 5.94. The number of nitrogens with one attached hydrogen (secondary N) is 1. The van der Waals surface area contributed by atoms with Crippen LogP contribution in [0, 0.1) is 6.92 Å². The summed E-state index contributed by atoms with van der Waals surface area (Å²) in [6.45, 7) is 2.47. The molecular weight excluding hydrogens is 240 g/mol. The minimum atomic E-state index is -0.475. The summed E-state index contributed by atoms with van der Waals surface area (Å²) in [6.07, 6.45) is 0. The largest absolute Gasteiger partial charge is 0.397 e. The first-order valence-corrected chi connectivity index (χ1v) is 5.92. The zero-order valence-electron chi connectivity index (χ0n) is 10.7. The van der Waals surface area contributed by atoms with Crippen LogP contribution < -0.4 is 16.8 Å². The zero-order valence-corrected chi connectivity index (χ0v) is 10.7. The van der Waals surface area contributed by atoms with Gasteiger partial charge in [0.1, 0.15) is 0 Å². The third-order valence-corrected chi connectivity index (χ3v) is 2.74. The Hall–Kier alpha value is -2.56. The molecule has 0 unspecified atom stereocenters. The summed E-state index contributed by atoms with van der Waals surface area (Å²) in [4.78, 5) is 15.5. The lowest BCUT2D eigenvalue weighted by molar-refractivity contribution is 0.100. The van der Waals surface area contributed by atoms with Crippen molar-refractivity contribution in [3.05, 3.63) is 53.3 Å². The predicted octanol–water partition coefficient (Wildman–Crippen LogP) is 1.68. The van der Waals surface area contributed by atoms with E-state index >= 15 is 0 Å². The van der Waals surface area contributed by atoms with Crippen molar-refractivity contribution in [3.8, 4) is 0 Å². The number of nitrogen functional groups attached to an aromatic ring is 1. The average Bonchev–Trinajstić information content (AvgIpc) is 2.37. The molecule has 0 fully saturated rings. The molecule has 0 saturated carbocycles. The minimum absolute atomic E-state index is 0.425. The SMILES string of the molecule is Cc1cccc(CNc2cc(C(N)=O)ccc2N)n1. The van der Waals surface area contributed by atoms with Gasteiger partial charge in [-0.15, -0.1) is 0 Å². The Balaban J connectivity index is 2.15. The van der Waals surface area contributed by atoms with Crippen LogP contribution in [0.3, 0.4) is 0 Å². The van der Waals surface area contributed by atoms with Crippen molar-refractivity contribution < 1.29 is 4.79 Å². The van der Waals surface area contributed by atoms with Crippen LogP contribution in [-0.2, 0) is 6.54 Å². The fourth-order valence-corrected chi connectivity index (χ4v) is 1.75. The second-order valence-corrected chi connectivity index (χ2v) is 4.29. The van der Waals surface area contributed by atoms with Crippen LogP contribution in [0.2, 0.25) is 0 Å². The van der Waals surface area contributed by atoms with Crippen LogP contribution in [-0.4, -0.2) is 10.9 Å². The van der Waals surface area contributed by atoms with Crippen molar-refractivity contribution in [2.45, 2.75) is 13.5 Å². The van der Waals surface area contributed by atoms with Crippen LogP contribution in [0.5, 0.6) is 0 Å². The number of aryl methyl sites for hydroxylation is 1. The van der Waals surface area contributed by atoms with E-state index in [2.05, 4.69) is 10.3 Å². The third-order valence-electron chi connectivity index (χ3n) is 2.74. The van der Waals surface area contributed by atoms with Crippen LogP contribution in [0.25, 0.3) is 0 Å². The number of pyridine rings is 1. The molecule has 2 aromatic rings. The maximum Gasteiger partial charge on any atom is 0.248 e. The summed E-state index contributed by atoms with van der Waals surface area (Å²) >= 11 is 0. The molecule has 19 heavy (non-hydrogen) atoms. The number of primary amides is 1. The molecule has 5 N–H and O–H groups in total. The van der Waals surface area contributed by atoms with Gasteiger partial charge < -0.3 is 16.8 Å². The number of amides is 1. The molecule has 1 heterocycles. The fraction of sp³-hybridized carbons (Fsp3) is 0.143.